The zero-order valence-corrected chi connectivity index (χ0v) is 12.8. The van der Waals surface area contributed by atoms with E-state index in [1.54, 1.807) is 13.8 Å². The minimum Gasteiger partial charge on any atom is -0.208 e. The molecule has 0 heterocycles. The highest BCUT2D eigenvalue weighted by atomic mass is 79.9. The van der Waals surface area contributed by atoms with Crippen LogP contribution in [-0.4, -0.2) is 19.8 Å². The molecule has 1 aromatic rings. The molecule has 0 aliphatic heterocycles. The Balaban J connectivity index is 2.89. The van der Waals surface area contributed by atoms with Crippen molar-refractivity contribution in [2.24, 2.45) is 0 Å². The Kier molecular flexibility index (Phi) is 5.75. The zero-order valence-electron chi connectivity index (χ0n) is 10.4. The first-order valence-electron chi connectivity index (χ1n) is 5.71. The molecule has 102 valence electrons. The van der Waals surface area contributed by atoms with Crippen LogP contribution in [0.3, 0.4) is 0 Å². The second kappa shape index (κ2) is 6.63. The van der Waals surface area contributed by atoms with E-state index in [1.165, 1.54) is 12.1 Å². The van der Waals surface area contributed by atoms with Crippen molar-refractivity contribution in [1.29, 1.82) is 0 Å². The first kappa shape index (κ1) is 15.6. The third-order valence-corrected chi connectivity index (χ3v) is 4.86. The van der Waals surface area contributed by atoms with E-state index in [1.807, 2.05) is 0 Å². The van der Waals surface area contributed by atoms with Gasteiger partial charge in [0, 0.05) is 11.4 Å². The molecule has 0 saturated carbocycles. The van der Waals surface area contributed by atoms with Gasteiger partial charge in [-0.3, -0.25) is 0 Å². The number of nitrogens with one attached hydrogen (secondary N) is 1. The second-order valence-electron chi connectivity index (χ2n) is 4.26. The summed E-state index contributed by atoms with van der Waals surface area (Å²) in [4.78, 5) is 0.00759. The standard InChI is InChI=1S/C12H17BrFNO2S/c1-9-5-6-11(14)8-12(9)18(16,17)15-10(2)4-3-7-13/h5-6,8,10,15H,3-4,7H2,1-2H3. The molecule has 0 aliphatic rings. The molecule has 1 rings (SSSR count). The van der Waals surface area contributed by atoms with Gasteiger partial charge >= 0.3 is 0 Å². The van der Waals surface area contributed by atoms with Gasteiger partial charge in [-0.2, -0.15) is 0 Å². The molecular formula is C12H17BrFNO2S. The van der Waals surface area contributed by atoms with Gasteiger partial charge in [-0.15, -0.1) is 0 Å². The van der Waals surface area contributed by atoms with E-state index >= 15 is 0 Å². The molecule has 1 atom stereocenters. The van der Waals surface area contributed by atoms with Gasteiger partial charge in [0.1, 0.15) is 5.82 Å². The number of hydrogen-bond donors (Lipinski definition) is 1. The van der Waals surface area contributed by atoms with Crippen molar-refractivity contribution in [3.8, 4) is 0 Å². The van der Waals surface area contributed by atoms with Gasteiger partial charge in [-0.05, 0) is 44.4 Å². The summed E-state index contributed by atoms with van der Waals surface area (Å²) >= 11 is 3.30. The predicted octanol–water partition coefficient (Wildman–Crippen LogP) is 2.98. The molecule has 0 aromatic heterocycles. The molecule has 0 aliphatic carbocycles. The summed E-state index contributed by atoms with van der Waals surface area (Å²) in [5.41, 5.74) is 0.539. The van der Waals surface area contributed by atoms with E-state index in [4.69, 9.17) is 0 Å². The van der Waals surface area contributed by atoms with Crippen LogP contribution in [-0.2, 0) is 10.0 Å². The molecular weight excluding hydrogens is 321 g/mol. The van der Waals surface area contributed by atoms with Crippen molar-refractivity contribution in [3.05, 3.63) is 29.6 Å². The lowest BCUT2D eigenvalue weighted by molar-refractivity contribution is 0.542. The molecule has 0 amide bonds. The third kappa shape index (κ3) is 4.33. The van der Waals surface area contributed by atoms with Crippen LogP contribution in [0.15, 0.2) is 23.1 Å². The average Bonchev–Trinajstić information content (AvgIpc) is 2.29. The lowest BCUT2D eigenvalue weighted by Gasteiger charge is -2.15. The van der Waals surface area contributed by atoms with E-state index in [2.05, 4.69) is 20.7 Å². The number of halogens is 2. The number of hydrogen-bond acceptors (Lipinski definition) is 2. The number of aryl methyl sites for hydroxylation is 1. The lowest BCUT2D eigenvalue weighted by Crippen LogP contribution is -2.33. The van der Waals surface area contributed by atoms with Gasteiger partial charge in [0.2, 0.25) is 10.0 Å². The molecule has 0 saturated heterocycles. The van der Waals surface area contributed by atoms with Gasteiger partial charge in [0.15, 0.2) is 0 Å². The first-order chi connectivity index (χ1) is 8.36. The highest BCUT2D eigenvalue weighted by Crippen LogP contribution is 2.17. The molecule has 0 radical (unpaired) electrons. The predicted molar refractivity (Wildman–Crippen MR) is 73.9 cm³/mol. The third-order valence-electron chi connectivity index (χ3n) is 2.57. The van der Waals surface area contributed by atoms with Crippen LogP contribution in [0.25, 0.3) is 0 Å². The van der Waals surface area contributed by atoms with Gasteiger partial charge in [-0.1, -0.05) is 22.0 Å². The summed E-state index contributed by atoms with van der Waals surface area (Å²) < 4.78 is 39.9. The van der Waals surface area contributed by atoms with Crippen LogP contribution >= 0.6 is 15.9 Å². The van der Waals surface area contributed by atoms with Gasteiger partial charge in [-0.25, -0.2) is 17.5 Å². The lowest BCUT2D eigenvalue weighted by atomic mass is 10.2. The fourth-order valence-electron chi connectivity index (χ4n) is 1.63. The minimum atomic E-state index is -3.65. The van der Waals surface area contributed by atoms with Crippen LogP contribution in [0.1, 0.15) is 25.3 Å². The molecule has 0 fully saturated rings. The Bertz CT molecular complexity index is 505. The van der Waals surface area contributed by atoms with Crippen molar-refractivity contribution in [2.75, 3.05) is 5.33 Å². The van der Waals surface area contributed by atoms with Gasteiger partial charge < -0.3 is 0 Å². The Labute approximate surface area is 116 Å². The Morgan fingerprint density at radius 1 is 1.44 bits per heavy atom. The summed E-state index contributed by atoms with van der Waals surface area (Å²) in [6.45, 7) is 3.45. The molecule has 0 bridgehead atoms. The van der Waals surface area contributed by atoms with Crippen LogP contribution in [0, 0.1) is 12.7 Å². The highest BCUT2D eigenvalue weighted by Gasteiger charge is 2.19. The van der Waals surface area contributed by atoms with Crippen molar-refractivity contribution in [1.82, 2.24) is 4.72 Å². The van der Waals surface area contributed by atoms with Crippen molar-refractivity contribution in [2.45, 2.75) is 37.6 Å². The summed E-state index contributed by atoms with van der Waals surface area (Å²) in [5, 5.41) is 0.831. The normalized spacial score (nSPS) is 13.6. The van der Waals surface area contributed by atoms with E-state index in [0.717, 1.165) is 24.2 Å². The largest absolute Gasteiger partial charge is 0.241 e. The smallest absolute Gasteiger partial charge is 0.208 e. The highest BCUT2D eigenvalue weighted by molar-refractivity contribution is 9.09. The average molecular weight is 338 g/mol. The van der Waals surface area contributed by atoms with Crippen molar-refractivity contribution in [3.63, 3.8) is 0 Å². The summed E-state index contributed by atoms with van der Waals surface area (Å²) in [6.07, 6.45) is 1.62. The Morgan fingerprint density at radius 2 is 2.11 bits per heavy atom. The van der Waals surface area contributed by atoms with Gasteiger partial charge in [0.05, 0.1) is 4.90 Å². The maximum Gasteiger partial charge on any atom is 0.241 e. The summed E-state index contributed by atoms with van der Waals surface area (Å²) in [6, 6.07) is 3.60. The molecule has 3 nitrogen and oxygen atoms in total. The molecule has 6 heteroatoms. The van der Waals surface area contributed by atoms with Crippen LogP contribution in [0.2, 0.25) is 0 Å². The monoisotopic (exact) mass is 337 g/mol. The maximum atomic E-state index is 13.1. The molecule has 1 unspecified atom stereocenters. The topological polar surface area (TPSA) is 46.2 Å². The van der Waals surface area contributed by atoms with Gasteiger partial charge in [0.25, 0.3) is 0 Å². The molecule has 18 heavy (non-hydrogen) atoms. The Hall–Kier alpha value is -0.460. The van der Waals surface area contributed by atoms with Crippen molar-refractivity contribution >= 4 is 26.0 Å². The van der Waals surface area contributed by atoms with E-state index in [9.17, 15) is 12.8 Å². The summed E-state index contributed by atoms with van der Waals surface area (Å²) in [7, 11) is -3.65. The fourth-order valence-corrected chi connectivity index (χ4v) is 3.49. The summed E-state index contributed by atoms with van der Waals surface area (Å²) in [5.74, 6) is -0.547. The van der Waals surface area contributed by atoms with Crippen LogP contribution in [0.5, 0.6) is 0 Å². The molecule has 0 spiro atoms. The van der Waals surface area contributed by atoms with Crippen LogP contribution in [0.4, 0.5) is 4.39 Å². The van der Waals surface area contributed by atoms with E-state index < -0.39 is 15.8 Å². The minimum absolute atomic E-state index is 0.00759. The fraction of sp³-hybridized carbons (Fsp3) is 0.500. The van der Waals surface area contributed by atoms with E-state index in [-0.39, 0.29) is 10.9 Å². The number of alkyl halides is 1. The first-order valence-corrected chi connectivity index (χ1v) is 8.31. The van der Waals surface area contributed by atoms with Crippen LogP contribution < -0.4 is 4.72 Å². The number of benzene rings is 1. The maximum absolute atomic E-state index is 13.1. The second-order valence-corrected chi connectivity index (χ2v) is 6.74. The number of rotatable bonds is 6. The SMILES string of the molecule is Cc1ccc(F)cc1S(=O)(=O)NC(C)CCCBr. The molecule has 1 N–H and O–H groups in total. The quantitative estimate of drug-likeness (QED) is 0.811. The molecule has 1 aromatic carbocycles. The zero-order chi connectivity index (χ0) is 13.8. The van der Waals surface area contributed by atoms with Crippen molar-refractivity contribution < 1.29 is 12.8 Å². The Morgan fingerprint density at radius 3 is 2.72 bits per heavy atom. The number of sulfonamides is 1. The van der Waals surface area contributed by atoms with E-state index in [0.29, 0.717) is 5.56 Å².